The standard InChI is InChI=1S/C29H33FN8O6/c30-22-5-3-21(4-6-22)29(42)36-9-10-38-25(18-36)28(41)33-24(27(40)32-8-11-43-12-13-44-19-26(38)39)14-23-17-37(35-34-23)16-20-2-1-7-31-15-20/h1-7,15,17,24-25H,8-14,16,18-19H2,(H,32,40)(H,33,41)/t24-,25+/m1/s1. The van der Waals surface area contributed by atoms with Gasteiger partial charge in [0.2, 0.25) is 17.7 Å². The maximum Gasteiger partial charge on any atom is 0.254 e. The molecule has 2 aromatic heterocycles. The Morgan fingerprint density at radius 2 is 1.84 bits per heavy atom. The van der Waals surface area contributed by atoms with Gasteiger partial charge in [0.1, 0.15) is 24.5 Å². The topological polar surface area (TPSA) is 161 Å². The van der Waals surface area contributed by atoms with Gasteiger partial charge in [-0.05, 0) is 35.9 Å². The van der Waals surface area contributed by atoms with Crippen LogP contribution in [0.1, 0.15) is 21.6 Å². The third kappa shape index (κ3) is 7.99. The summed E-state index contributed by atoms with van der Waals surface area (Å²) < 4.78 is 26.0. The zero-order valence-corrected chi connectivity index (χ0v) is 23.9. The molecule has 0 saturated carbocycles. The van der Waals surface area contributed by atoms with Gasteiger partial charge in [-0.2, -0.15) is 0 Å². The van der Waals surface area contributed by atoms with Gasteiger partial charge in [-0.25, -0.2) is 9.07 Å². The van der Waals surface area contributed by atoms with E-state index in [9.17, 15) is 23.6 Å². The Bertz CT molecular complexity index is 1450. The van der Waals surface area contributed by atoms with E-state index in [0.29, 0.717) is 12.2 Å². The highest BCUT2D eigenvalue weighted by Crippen LogP contribution is 2.16. The van der Waals surface area contributed by atoms with Crippen LogP contribution in [-0.2, 0) is 36.8 Å². The number of rotatable bonds is 5. The molecule has 2 fully saturated rings. The van der Waals surface area contributed by atoms with Crippen LogP contribution in [0.15, 0.2) is 55.0 Å². The minimum Gasteiger partial charge on any atom is -0.377 e. The van der Waals surface area contributed by atoms with E-state index >= 15 is 0 Å². The lowest BCUT2D eigenvalue weighted by Crippen LogP contribution is -2.64. The van der Waals surface area contributed by atoms with E-state index in [2.05, 4.69) is 25.9 Å². The SMILES string of the molecule is O=C1NCCOCCOCC(=O)N2CCN(C(=O)c3ccc(F)cc3)C[C@H]2C(=O)N[C@@H]1Cc1cn(Cc2cccnc2)nn1. The normalized spacial score (nSPS) is 20.6. The number of hydrogen-bond acceptors (Lipinski definition) is 9. The third-order valence-electron chi connectivity index (χ3n) is 7.22. The molecule has 14 nitrogen and oxygen atoms in total. The second-order valence-corrected chi connectivity index (χ2v) is 10.4. The van der Waals surface area contributed by atoms with Crippen LogP contribution in [0.2, 0.25) is 0 Å². The molecule has 0 bridgehead atoms. The molecule has 0 radical (unpaired) electrons. The van der Waals surface area contributed by atoms with Gasteiger partial charge in [0.15, 0.2) is 0 Å². The van der Waals surface area contributed by atoms with Gasteiger partial charge in [0, 0.05) is 50.2 Å². The molecule has 232 valence electrons. The monoisotopic (exact) mass is 608 g/mol. The zero-order valence-electron chi connectivity index (χ0n) is 23.9. The first-order valence-corrected chi connectivity index (χ1v) is 14.2. The van der Waals surface area contributed by atoms with Crippen molar-refractivity contribution in [1.82, 2.24) is 40.4 Å². The molecule has 5 rings (SSSR count). The number of nitrogens with one attached hydrogen (secondary N) is 2. The van der Waals surface area contributed by atoms with Crippen molar-refractivity contribution in [2.24, 2.45) is 0 Å². The minimum atomic E-state index is -1.11. The van der Waals surface area contributed by atoms with Crippen molar-refractivity contribution in [1.29, 1.82) is 0 Å². The number of benzene rings is 1. The van der Waals surface area contributed by atoms with Crippen LogP contribution in [0.4, 0.5) is 4.39 Å². The summed E-state index contributed by atoms with van der Waals surface area (Å²) in [5.74, 6) is -2.42. The number of halogens is 1. The summed E-state index contributed by atoms with van der Waals surface area (Å²) in [6, 6.07) is 6.63. The number of amides is 4. The Balaban J connectivity index is 1.35. The van der Waals surface area contributed by atoms with Crippen LogP contribution in [0.5, 0.6) is 0 Å². The van der Waals surface area contributed by atoms with Gasteiger partial charge in [-0.1, -0.05) is 11.3 Å². The fraction of sp³-hybridized carbons (Fsp3) is 0.414. The molecule has 3 aromatic rings. The van der Waals surface area contributed by atoms with E-state index in [1.165, 1.54) is 34.1 Å². The number of pyridine rings is 1. The molecule has 2 saturated heterocycles. The van der Waals surface area contributed by atoms with E-state index in [4.69, 9.17) is 9.47 Å². The van der Waals surface area contributed by atoms with E-state index < -0.39 is 41.5 Å². The molecule has 0 spiro atoms. The van der Waals surface area contributed by atoms with Crippen LogP contribution in [0.25, 0.3) is 0 Å². The number of carbonyl (C=O) groups excluding carboxylic acids is 4. The molecule has 1 aromatic carbocycles. The van der Waals surface area contributed by atoms with Gasteiger partial charge in [0.05, 0.1) is 38.6 Å². The molecule has 4 heterocycles. The molecule has 2 aliphatic rings. The molecule has 0 aliphatic carbocycles. The van der Waals surface area contributed by atoms with Crippen LogP contribution in [0.3, 0.4) is 0 Å². The average molecular weight is 609 g/mol. The molecular weight excluding hydrogens is 575 g/mol. The summed E-state index contributed by atoms with van der Waals surface area (Å²) in [5.41, 5.74) is 1.62. The van der Waals surface area contributed by atoms with Gasteiger partial charge in [-0.3, -0.25) is 24.2 Å². The predicted molar refractivity (Wildman–Crippen MR) is 151 cm³/mol. The number of piperazine rings is 1. The van der Waals surface area contributed by atoms with Gasteiger partial charge >= 0.3 is 0 Å². The Kier molecular flexibility index (Phi) is 10.2. The highest BCUT2D eigenvalue weighted by atomic mass is 19.1. The number of fused-ring (bicyclic) bond motifs is 1. The Labute approximate surface area is 252 Å². The van der Waals surface area contributed by atoms with Gasteiger partial charge in [0.25, 0.3) is 5.91 Å². The second-order valence-electron chi connectivity index (χ2n) is 10.4. The van der Waals surface area contributed by atoms with Gasteiger partial charge in [-0.15, -0.1) is 5.10 Å². The van der Waals surface area contributed by atoms with Crippen molar-refractivity contribution in [3.8, 4) is 0 Å². The first-order valence-electron chi connectivity index (χ1n) is 14.2. The molecule has 44 heavy (non-hydrogen) atoms. The van der Waals surface area contributed by atoms with Crippen molar-refractivity contribution in [3.05, 3.63) is 77.6 Å². The van der Waals surface area contributed by atoms with Crippen molar-refractivity contribution in [2.75, 3.05) is 52.6 Å². The highest BCUT2D eigenvalue weighted by molar-refractivity contribution is 5.96. The molecule has 0 unspecified atom stereocenters. The van der Waals surface area contributed by atoms with Crippen LogP contribution >= 0.6 is 0 Å². The van der Waals surface area contributed by atoms with Crippen LogP contribution < -0.4 is 10.6 Å². The zero-order chi connectivity index (χ0) is 30.9. The van der Waals surface area contributed by atoms with Crippen molar-refractivity contribution >= 4 is 23.6 Å². The van der Waals surface area contributed by atoms with Gasteiger partial charge < -0.3 is 29.9 Å². The van der Waals surface area contributed by atoms with Crippen molar-refractivity contribution < 1.29 is 33.0 Å². The lowest BCUT2D eigenvalue weighted by atomic mass is 10.1. The van der Waals surface area contributed by atoms with Crippen LogP contribution in [0, 0.1) is 5.82 Å². The summed E-state index contributed by atoms with van der Waals surface area (Å²) in [4.78, 5) is 60.3. The molecule has 2 aliphatic heterocycles. The fourth-order valence-corrected chi connectivity index (χ4v) is 4.97. The summed E-state index contributed by atoms with van der Waals surface area (Å²) in [5, 5.41) is 13.9. The van der Waals surface area contributed by atoms with E-state index in [-0.39, 0.29) is 64.6 Å². The third-order valence-corrected chi connectivity index (χ3v) is 7.22. The van der Waals surface area contributed by atoms with E-state index in [1.54, 1.807) is 23.3 Å². The molecule has 4 amide bonds. The highest BCUT2D eigenvalue weighted by Gasteiger charge is 2.38. The van der Waals surface area contributed by atoms with Crippen LogP contribution in [-0.4, -0.2) is 118 Å². The summed E-state index contributed by atoms with van der Waals surface area (Å²) in [6.45, 7) is 0.979. The predicted octanol–water partition coefficient (Wildman–Crippen LogP) is -0.596. The van der Waals surface area contributed by atoms with Crippen molar-refractivity contribution in [3.63, 3.8) is 0 Å². The smallest absolute Gasteiger partial charge is 0.254 e. The lowest BCUT2D eigenvalue weighted by Gasteiger charge is -2.41. The van der Waals surface area contributed by atoms with Crippen molar-refractivity contribution in [2.45, 2.75) is 25.0 Å². The molecule has 2 atom stereocenters. The first-order chi connectivity index (χ1) is 21.4. The second kappa shape index (κ2) is 14.6. The minimum absolute atomic E-state index is 0.0213. The maximum absolute atomic E-state index is 13.8. The molecule has 15 heteroatoms. The Morgan fingerprint density at radius 1 is 1.02 bits per heavy atom. The Hall–Kier alpha value is -4.76. The summed E-state index contributed by atoms with van der Waals surface area (Å²) >= 11 is 0. The lowest BCUT2D eigenvalue weighted by molar-refractivity contribution is -0.147. The first kappa shape index (κ1) is 30.7. The number of hydrogen-bond donors (Lipinski definition) is 2. The Morgan fingerprint density at radius 3 is 2.64 bits per heavy atom. The quantitative estimate of drug-likeness (QED) is 0.386. The number of aromatic nitrogens is 4. The maximum atomic E-state index is 13.8. The van der Waals surface area contributed by atoms with E-state index in [1.807, 2.05) is 12.1 Å². The van der Waals surface area contributed by atoms with E-state index in [0.717, 1.165) is 5.56 Å². The molecule has 2 N–H and O–H groups in total. The fourth-order valence-electron chi connectivity index (χ4n) is 4.97. The number of ether oxygens (including phenoxy) is 2. The number of carbonyl (C=O) groups is 4. The summed E-state index contributed by atoms with van der Waals surface area (Å²) in [6.07, 6.45) is 5.09. The largest absolute Gasteiger partial charge is 0.377 e. The number of nitrogens with zero attached hydrogens (tertiary/aromatic N) is 6. The molecular formula is C29H33FN8O6. The summed E-state index contributed by atoms with van der Waals surface area (Å²) in [7, 11) is 0. The average Bonchev–Trinajstić information content (AvgIpc) is 3.47.